The minimum Gasteiger partial charge on any atom is -0.389 e. The number of piperidine rings is 2. The molecule has 0 amide bonds. The summed E-state index contributed by atoms with van der Waals surface area (Å²) in [7, 11) is 0. The molecule has 1 N–H and O–H groups in total. The Hall–Kier alpha value is -0.160. The first-order valence-electron chi connectivity index (χ1n) is 7.52. The van der Waals surface area contributed by atoms with Crippen molar-refractivity contribution in [2.75, 3.05) is 39.3 Å². The Morgan fingerprint density at radius 2 is 1.78 bits per heavy atom. The van der Waals surface area contributed by atoms with E-state index in [4.69, 9.17) is 4.84 Å². The van der Waals surface area contributed by atoms with E-state index in [1.54, 1.807) is 0 Å². The van der Waals surface area contributed by atoms with Crippen molar-refractivity contribution >= 4 is 0 Å². The average molecular weight is 256 g/mol. The van der Waals surface area contributed by atoms with Gasteiger partial charge in [-0.1, -0.05) is 13.3 Å². The van der Waals surface area contributed by atoms with Crippen LogP contribution in [0.1, 0.15) is 39.0 Å². The minimum absolute atomic E-state index is 0.345. The highest BCUT2D eigenvalue weighted by Crippen LogP contribution is 2.16. The minimum atomic E-state index is -0.345. The second-order valence-electron chi connectivity index (χ2n) is 5.92. The standard InChI is InChI=1S/C14H28N2O2/c1-13-5-9-16(10-6-13)18-12-14(17)11-15-7-3-2-4-8-15/h13-14,17H,2-12H2,1H3. The van der Waals surface area contributed by atoms with Gasteiger partial charge in [-0.2, -0.15) is 5.06 Å². The van der Waals surface area contributed by atoms with Crippen molar-refractivity contribution in [3.05, 3.63) is 0 Å². The summed E-state index contributed by atoms with van der Waals surface area (Å²) in [5.41, 5.74) is 0. The van der Waals surface area contributed by atoms with Crippen LogP contribution in [0.15, 0.2) is 0 Å². The van der Waals surface area contributed by atoms with Gasteiger partial charge in [-0.25, -0.2) is 0 Å². The predicted molar refractivity (Wildman–Crippen MR) is 72.2 cm³/mol. The highest BCUT2D eigenvalue weighted by Gasteiger charge is 2.19. The van der Waals surface area contributed by atoms with E-state index in [-0.39, 0.29) is 6.10 Å². The maximum Gasteiger partial charge on any atom is 0.0957 e. The highest BCUT2D eigenvalue weighted by atomic mass is 16.7. The van der Waals surface area contributed by atoms with E-state index in [9.17, 15) is 5.11 Å². The summed E-state index contributed by atoms with van der Waals surface area (Å²) >= 11 is 0. The average Bonchev–Trinajstić information content (AvgIpc) is 2.39. The van der Waals surface area contributed by atoms with Crippen LogP contribution in [0.3, 0.4) is 0 Å². The lowest BCUT2D eigenvalue weighted by molar-refractivity contribution is -0.192. The topological polar surface area (TPSA) is 35.9 Å². The van der Waals surface area contributed by atoms with Crippen LogP contribution in [0.25, 0.3) is 0 Å². The third kappa shape index (κ3) is 4.84. The van der Waals surface area contributed by atoms with Gasteiger partial charge in [-0.3, -0.25) is 4.84 Å². The molecule has 1 atom stereocenters. The summed E-state index contributed by atoms with van der Waals surface area (Å²) < 4.78 is 0. The number of hydrogen-bond acceptors (Lipinski definition) is 4. The van der Waals surface area contributed by atoms with Gasteiger partial charge in [0.15, 0.2) is 0 Å². The van der Waals surface area contributed by atoms with Crippen LogP contribution in [-0.4, -0.2) is 60.5 Å². The van der Waals surface area contributed by atoms with E-state index < -0.39 is 0 Å². The quantitative estimate of drug-likeness (QED) is 0.808. The van der Waals surface area contributed by atoms with Gasteiger partial charge in [0.05, 0.1) is 12.7 Å². The second kappa shape index (κ2) is 7.43. The maximum absolute atomic E-state index is 9.99. The van der Waals surface area contributed by atoms with Gasteiger partial charge in [0, 0.05) is 19.6 Å². The van der Waals surface area contributed by atoms with Crippen molar-refractivity contribution in [1.29, 1.82) is 0 Å². The molecule has 4 heteroatoms. The van der Waals surface area contributed by atoms with Gasteiger partial charge in [0.1, 0.15) is 0 Å². The summed E-state index contributed by atoms with van der Waals surface area (Å²) in [6, 6.07) is 0. The molecule has 2 aliphatic rings. The third-order valence-corrected chi connectivity index (χ3v) is 4.11. The molecule has 2 heterocycles. The van der Waals surface area contributed by atoms with Crippen LogP contribution >= 0.6 is 0 Å². The van der Waals surface area contributed by atoms with Crippen LogP contribution in [0.5, 0.6) is 0 Å². The molecule has 0 aromatic heterocycles. The molecule has 2 saturated heterocycles. The molecule has 0 bridgehead atoms. The molecule has 0 radical (unpaired) electrons. The predicted octanol–water partition coefficient (Wildman–Crippen LogP) is 1.50. The second-order valence-corrected chi connectivity index (χ2v) is 5.92. The fourth-order valence-electron chi connectivity index (χ4n) is 2.80. The van der Waals surface area contributed by atoms with Crippen molar-refractivity contribution in [3.63, 3.8) is 0 Å². The van der Waals surface area contributed by atoms with Gasteiger partial charge in [0.25, 0.3) is 0 Å². The first kappa shape index (κ1) is 14.3. The number of aliphatic hydroxyl groups excluding tert-OH is 1. The Bertz CT molecular complexity index is 224. The lowest BCUT2D eigenvalue weighted by atomic mass is 10.0. The van der Waals surface area contributed by atoms with Crippen molar-refractivity contribution < 1.29 is 9.94 Å². The van der Waals surface area contributed by atoms with Gasteiger partial charge in [-0.05, 0) is 44.7 Å². The number of nitrogens with zero attached hydrogens (tertiary/aromatic N) is 2. The van der Waals surface area contributed by atoms with E-state index in [0.29, 0.717) is 6.61 Å². The summed E-state index contributed by atoms with van der Waals surface area (Å²) in [4.78, 5) is 8.05. The summed E-state index contributed by atoms with van der Waals surface area (Å²) in [6.45, 7) is 7.81. The van der Waals surface area contributed by atoms with E-state index in [2.05, 4.69) is 11.8 Å². The molecule has 0 aromatic rings. The molecule has 2 rings (SSSR count). The monoisotopic (exact) mass is 256 g/mol. The number of aliphatic hydroxyl groups is 1. The van der Waals surface area contributed by atoms with Crippen LogP contribution in [-0.2, 0) is 4.84 Å². The molecular weight excluding hydrogens is 228 g/mol. The summed E-state index contributed by atoms with van der Waals surface area (Å²) in [5.74, 6) is 0.822. The highest BCUT2D eigenvalue weighted by molar-refractivity contribution is 4.69. The van der Waals surface area contributed by atoms with Crippen LogP contribution in [0.2, 0.25) is 0 Å². The molecular formula is C14H28N2O2. The number of hydroxylamine groups is 2. The number of likely N-dealkylation sites (tertiary alicyclic amines) is 1. The van der Waals surface area contributed by atoms with Crippen LogP contribution < -0.4 is 0 Å². The lowest BCUT2D eigenvalue weighted by Crippen LogP contribution is -2.41. The Morgan fingerprint density at radius 3 is 2.44 bits per heavy atom. The van der Waals surface area contributed by atoms with Crippen LogP contribution in [0, 0.1) is 5.92 Å². The SMILES string of the molecule is CC1CCN(OCC(O)CN2CCCCC2)CC1. The zero-order valence-corrected chi connectivity index (χ0v) is 11.7. The molecule has 18 heavy (non-hydrogen) atoms. The van der Waals surface area contributed by atoms with Crippen molar-refractivity contribution in [3.8, 4) is 0 Å². The van der Waals surface area contributed by atoms with Crippen molar-refractivity contribution in [2.45, 2.75) is 45.1 Å². The number of hydrogen-bond donors (Lipinski definition) is 1. The normalized spacial score (nSPS) is 26.3. The Balaban J connectivity index is 1.57. The zero-order chi connectivity index (χ0) is 12.8. The Kier molecular flexibility index (Phi) is 5.89. The van der Waals surface area contributed by atoms with E-state index in [1.165, 1.54) is 32.1 Å². The molecule has 2 aliphatic heterocycles. The van der Waals surface area contributed by atoms with E-state index in [1.807, 2.05) is 5.06 Å². The molecule has 4 nitrogen and oxygen atoms in total. The number of rotatable bonds is 5. The Labute approximate surface area is 111 Å². The van der Waals surface area contributed by atoms with Gasteiger partial charge >= 0.3 is 0 Å². The summed E-state index contributed by atoms with van der Waals surface area (Å²) in [5, 5.41) is 12.0. The lowest BCUT2D eigenvalue weighted by Gasteiger charge is -2.31. The maximum atomic E-state index is 9.99. The zero-order valence-electron chi connectivity index (χ0n) is 11.7. The Morgan fingerprint density at radius 1 is 1.11 bits per heavy atom. The first-order chi connectivity index (χ1) is 8.74. The largest absolute Gasteiger partial charge is 0.389 e. The van der Waals surface area contributed by atoms with Crippen molar-refractivity contribution in [2.24, 2.45) is 5.92 Å². The number of β-amino-alcohol motifs (C(OH)–C–C–N with tert-alkyl or cyclic N) is 1. The van der Waals surface area contributed by atoms with E-state index in [0.717, 1.165) is 38.6 Å². The van der Waals surface area contributed by atoms with Crippen molar-refractivity contribution in [1.82, 2.24) is 9.96 Å². The van der Waals surface area contributed by atoms with Gasteiger partial charge in [-0.15, -0.1) is 0 Å². The fraction of sp³-hybridized carbons (Fsp3) is 1.00. The van der Waals surface area contributed by atoms with Gasteiger partial charge in [0.2, 0.25) is 0 Å². The molecule has 0 saturated carbocycles. The van der Waals surface area contributed by atoms with Crippen LogP contribution in [0.4, 0.5) is 0 Å². The summed E-state index contributed by atoms with van der Waals surface area (Å²) in [6.07, 6.45) is 5.97. The molecule has 1 unspecified atom stereocenters. The first-order valence-corrected chi connectivity index (χ1v) is 7.52. The smallest absolute Gasteiger partial charge is 0.0957 e. The molecule has 0 aromatic carbocycles. The molecule has 0 aliphatic carbocycles. The van der Waals surface area contributed by atoms with E-state index >= 15 is 0 Å². The molecule has 106 valence electrons. The fourth-order valence-corrected chi connectivity index (χ4v) is 2.80. The third-order valence-electron chi connectivity index (χ3n) is 4.11. The van der Waals surface area contributed by atoms with Gasteiger partial charge < -0.3 is 10.0 Å². The molecule has 0 spiro atoms. The molecule has 2 fully saturated rings.